The average Bonchev–Trinajstić information content (AvgIpc) is 3.10. The summed E-state index contributed by atoms with van der Waals surface area (Å²) in [5.41, 5.74) is 0.955. The summed E-state index contributed by atoms with van der Waals surface area (Å²) in [6.07, 6.45) is -4.46. The number of alkyl halides is 3. The lowest BCUT2D eigenvalue weighted by atomic mass is 10.1. The highest BCUT2D eigenvalue weighted by molar-refractivity contribution is 5.90. The smallest absolute Gasteiger partial charge is 0.378 e. The predicted molar refractivity (Wildman–Crippen MR) is 97.7 cm³/mol. The Morgan fingerprint density at radius 2 is 1.86 bits per heavy atom. The van der Waals surface area contributed by atoms with Gasteiger partial charge in [0.15, 0.2) is 0 Å². The SMILES string of the molecule is CN(C)c1ccc(NC(=O)Cn2nnc(-c3cccc(C(F)(F)F)c3)n2)cc1. The Morgan fingerprint density at radius 1 is 1.14 bits per heavy atom. The molecule has 0 bridgehead atoms. The van der Waals surface area contributed by atoms with Gasteiger partial charge in [-0.05, 0) is 41.6 Å². The second-order valence-electron chi connectivity index (χ2n) is 6.21. The number of nitrogens with zero attached hydrogens (tertiary/aromatic N) is 5. The molecule has 0 atom stereocenters. The predicted octanol–water partition coefficient (Wildman–Crippen LogP) is 3.06. The zero-order chi connectivity index (χ0) is 20.3. The zero-order valence-electron chi connectivity index (χ0n) is 15.1. The van der Waals surface area contributed by atoms with E-state index in [-0.39, 0.29) is 23.8 Å². The number of hydrogen-bond donors (Lipinski definition) is 1. The number of tetrazole rings is 1. The van der Waals surface area contributed by atoms with E-state index in [1.807, 2.05) is 31.1 Å². The van der Waals surface area contributed by atoms with Crippen LogP contribution in [0.4, 0.5) is 24.5 Å². The summed E-state index contributed by atoms with van der Waals surface area (Å²) in [5.74, 6) is -0.375. The molecule has 3 rings (SSSR count). The van der Waals surface area contributed by atoms with Crippen LogP contribution in [0, 0.1) is 0 Å². The van der Waals surface area contributed by atoms with E-state index in [0.717, 1.165) is 22.6 Å². The molecule has 1 amide bonds. The van der Waals surface area contributed by atoms with Crippen LogP contribution < -0.4 is 10.2 Å². The number of anilines is 2. The highest BCUT2D eigenvalue weighted by Gasteiger charge is 2.30. The number of aromatic nitrogens is 4. The van der Waals surface area contributed by atoms with Gasteiger partial charge in [0.05, 0.1) is 5.56 Å². The number of nitrogens with one attached hydrogen (secondary N) is 1. The van der Waals surface area contributed by atoms with Gasteiger partial charge in [0.2, 0.25) is 11.7 Å². The van der Waals surface area contributed by atoms with Crippen molar-refractivity contribution in [3.05, 3.63) is 54.1 Å². The standard InChI is InChI=1S/C18H17F3N6O/c1-26(2)15-8-6-14(7-9-15)22-16(28)11-27-24-17(23-25-27)12-4-3-5-13(10-12)18(19,20)21/h3-10H,11H2,1-2H3,(H,22,28). The Kier molecular flexibility index (Phi) is 5.30. The fourth-order valence-corrected chi connectivity index (χ4v) is 2.43. The van der Waals surface area contributed by atoms with Gasteiger partial charge in [0.1, 0.15) is 6.54 Å². The van der Waals surface area contributed by atoms with Gasteiger partial charge in [-0.15, -0.1) is 10.2 Å². The van der Waals surface area contributed by atoms with Crippen LogP contribution >= 0.6 is 0 Å². The van der Waals surface area contributed by atoms with Crippen LogP contribution in [-0.4, -0.2) is 40.2 Å². The van der Waals surface area contributed by atoms with Crippen LogP contribution in [-0.2, 0) is 17.5 Å². The second kappa shape index (κ2) is 7.67. The van der Waals surface area contributed by atoms with Crippen molar-refractivity contribution < 1.29 is 18.0 Å². The molecule has 1 N–H and O–H groups in total. The van der Waals surface area contributed by atoms with Crippen LogP contribution in [0.2, 0.25) is 0 Å². The summed E-state index contributed by atoms with van der Waals surface area (Å²) < 4.78 is 38.5. The van der Waals surface area contributed by atoms with E-state index in [2.05, 4.69) is 20.7 Å². The molecule has 3 aromatic rings. The van der Waals surface area contributed by atoms with Crippen LogP contribution in [0.3, 0.4) is 0 Å². The number of carbonyl (C=O) groups is 1. The second-order valence-corrected chi connectivity index (χ2v) is 6.21. The third kappa shape index (κ3) is 4.64. The van der Waals surface area contributed by atoms with E-state index < -0.39 is 11.7 Å². The Bertz CT molecular complexity index is 966. The fraction of sp³-hybridized carbons (Fsp3) is 0.222. The number of halogens is 3. The molecule has 28 heavy (non-hydrogen) atoms. The van der Waals surface area contributed by atoms with E-state index >= 15 is 0 Å². The van der Waals surface area contributed by atoms with Crippen LogP contribution in [0.15, 0.2) is 48.5 Å². The number of benzene rings is 2. The average molecular weight is 390 g/mol. The normalized spacial score (nSPS) is 11.3. The van der Waals surface area contributed by atoms with E-state index in [1.165, 1.54) is 12.1 Å². The summed E-state index contributed by atoms with van der Waals surface area (Å²) in [5, 5.41) is 14.1. The third-order valence-corrected chi connectivity index (χ3v) is 3.85. The van der Waals surface area contributed by atoms with E-state index in [9.17, 15) is 18.0 Å². The minimum atomic E-state index is -4.46. The van der Waals surface area contributed by atoms with Crippen molar-refractivity contribution >= 4 is 17.3 Å². The Labute approximate surface area is 158 Å². The van der Waals surface area contributed by atoms with Gasteiger partial charge in [-0.2, -0.15) is 18.0 Å². The molecule has 10 heteroatoms. The minimum Gasteiger partial charge on any atom is -0.378 e. The van der Waals surface area contributed by atoms with E-state index in [1.54, 1.807) is 12.1 Å². The molecule has 0 aliphatic heterocycles. The monoisotopic (exact) mass is 390 g/mol. The first-order valence-corrected chi connectivity index (χ1v) is 8.25. The Hall–Kier alpha value is -3.43. The molecule has 2 aromatic carbocycles. The maximum absolute atomic E-state index is 12.8. The van der Waals surface area contributed by atoms with Crippen molar-refractivity contribution in [3.63, 3.8) is 0 Å². The molecule has 0 aliphatic carbocycles. The van der Waals surface area contributed by atoms with Gasteiger partial charge < -0.3 is 10.2 Å². The number of hydrogen-bond acceptors (Lipinski definition) is 5. The van der Waals surface area contributed by atoms with Gasteiger partial charge in [-0.1, -0.05) is 12.1 Å². The number of rotatable bonds is 5. The number of carbonyl (C=O) groups excluding carboxylic acids is 1. The van der Waals surface area contributed by atoms with Crippen molar-refractivity contribution in [1.29, 1.82) is 0 Å². The molecule has 0 spiro atoms. The summed E-state index contributed by atoms with van der Waals surface area (Å²) in [6, 6.07) is 11.8. The highest BCUT2D eigenvalue weighted by atomic mass is 19.4. The van der Waals surface area contributed by atoms with E-state index in [0.29, 0.717) is 5.69 Å². The topological polar surface area (TPSA) is 75.9 Å². The Balaban J connectivity index is 1.66. The van der Waals surface area contributed by atoms with Gasteiger partial charge >= 0.3 is 6.18 Å². The molecule has 0 fully saturated rings. The van der Waals surface area contributed by atoms with Gasteiger partial charge in [-0.25, -0.2) is 0 Å². The van der Waals surface area contributed by atoms with Crippen molar-refractivity contribution in [3.8, 4) is 11.4 Å². The maximum Gasteiger partial charge on any atom is 0.416 e. The first kappa shape index (κ1) is 19.3. The van der Waals surface area contributed by atoms with Crippen molar-refractivity contribution in [2.24, 2.45) is 0 Å². The lowest BCUT2D eigenvalue weighted by Crippen LogP contribution is -2.20. The molecular weight excluding hydrogens is 373 g/mol. The van der Waals surface area contributed by atoms with E-state index in [4.69, 9.17) is 0 Å². The zero-order valence-corrected chi connectivity index (χ0v) is 15.1. The van der Waals surface area contributed by atoms with Gasteiger partial charge in [-0.3, -0.25) is 4.79 Å². The highest BCUT2D eigenvalue weighted by Crippen LogP contribution is 2.31. The van der Waals surface area contributed by atoms with Crippen molar-refractivity contribution in [2.75, 3.05) is 24.3 Å². The molecular formula is C18H17F3N6O. The number of amides is 1. The molecule has 0 unspecified atom stereocenters. The van der Waals surface area contributed by atoms with Crippen molar-refractivity contribution in [2.45, 2.75) is 12.7 Å². The lowest BCUT2D eigenvalue weighted by molar-refractivity contribution is -0.137. The quantitative estimate of drug-likeness (QED) is 0.725. The molecule has 1 heterocycles. The van der Waals surface area contributed by atoms with Crippen LogP contribution in [0.5, 0.6) is 0 Å². The molecule has 7 nitrogen and oxygen atoms in total. The summed E-state index contributed by atoms with van der Waals surface area (Å²) in [4.78, 5) is 15.1. The van der Waals surface area contributed by atoms with Crippen LogP contribution in [0.25, 0.3) is 11.4 Å². The summed E-state index contributed by atoms with van der Waals surface area (Å²) in [6.45, 7) is -0.221. The Morgan fingerprint density at radius 3 is 2.50 bits per heavy atom. The fourth-order valence-electron chi connectivity index (χ4n) is 2.43. The summed E-state index contributed by atoms with van der Waals surface area (Å²) in [7, 11) is 3.82. The van der Waals surface area contributed by atoms with Gasteiger partial charge in [0, 0.05) is 31.0 Å². The maximum atomic E-state index is 12.8. The molecule has 0 saturated heterocycles. The van der Waals surface area contributed by atoms with Crippen molar-refractivity contribution in [1.82, 2.24) is 20.2 Å². The largest absolute Gasteiger partial charge is 0.416 e. The first-order chi connectivity index (χ1) is 13.2. The van der Waals surface area contributed by atoms with Gasteiger partial charge in [0.25, 0.3) is 0 Å². The third-order valence-electron chi connectivity index (χ3n) is 3.85. The molecule has 0 radical (unpaired) electrons. The summed E-state index contributed by atoms with van der Waals surface area (Å²) >= 11 is 0. The molecule has 1 aromatic heterocycles. The minimum absolute atomic E-state index is 0.00855. The molecule has 146 valence electrons. The molecule has 0 saturated carbocycles. The first-order valence-electron chi connectivity index (χ1n) is 8.25. The lowest BCUT2D eigenvalue weighted by Gasteiger charge is -2.12. The molecule has 0 aliphatic rings. The van der Waals surface area contributed by atoms with Crippen LogP contribution in [0.1, 0.15) is 5.56 Å².